The molecule has 0 saturated carbocycles. The first-order valence-electron chi connectivity index (χ1n) is 8.66. The van der Waals surface area contributed by atoms with Crippen LogP contribution in [-0.2, 0) is 10.2 Å². The van der Waals surface area contributed by atoms with Crippen LogP contribution in [0.2, 0.25) is 0 Å². The minimum Gasteiger partial charge on any atom is -0.550 e. The predicted molar refractivity (Wildman–Crippen MR) is 102 cm³/mol. The molecular weight excluding hydrogens is 326 g/mol. The van der Waals surface area contributed by atoms with Crippen LogP contribution >= 0.6 is 0 Å². The van der Waals surface area contributed by atoms with E-state index in [9.17, 15) is 9.90 Å². The number of hydrogen-bond acceptors (Lipinski definition) is 5. The number of fused-ring (bicyclic) bond motifs is 1. The molecule has 1 heterocycles. The minimum atomic E-state index is -1.09. The molecule has 26 heavy (non-hydrogen) atoms. The Balaban J connectivity index is 1.99. The molecule has 0 unspecified atom stereocenters. The molecule has 2 aromatic carbocycles. The van der Waals surface area contributed by atoms with Gasteiger partial charge in [0.2, 0.25) is 0 Å². The van der Waals surface area contributed by atoms with Crippen LogP contribution < -0.4 is 10.4 Å². The van der Waals surface area contributed by atoms with Crippen LogP contribution in [0, 0.1) is 0 Å². The predicted octanol–water partition coefficient (Wildman–Crippen LogP) is 3.15. The number of carboxylic acids is 1. The molecule has 0 atom stereocenters. The summed E-state index contributed by atoms with van der Waals surface area (Å²) in [6.07, 6.45) is -0.0755. The van der Waals surface area contributed by atoms with Crippen molar-refractivity contribution in [1.82, 2.24) is 9.97 Å². The zero-order valence-corrected chi connectivity index (χ0v) is 15.2. The first kappa shape index (κ1) is 17.9. The number of aliphatic carboxylic acids is 1. The molecule has 0 fully saturated rings. The first-order chi connectivity index (χ1) is 12.3. The summed E-state index contributed by atoms with van der Waals surface area (Å²) in [7, 11) is 0. The zero-order valence-electron chi connectivity index (χ0n) is 15.2. The van der Waals surface area contributed by atoms with Crippen LogP contribution in [0.25, 0.3) is 22.3 Å². The van der Waals surface area contributed by atoms with Gasteiger partial charge in [0, 0.05) is 29.9 Å². The summed E-state index contributed by atoms with van der Waals surface area (Å²) in [5, 5.41) is 14.6. The number of nitrogens with zero attached hydrogens (tertiary/aromatic N) is 2. The van der Waals surface area contributed by atoms with Gasteiger partial charge in [-0.25, -0.2) is 9.97 Å². The van der Waals surface area contributed by atoms with Gasteiger partial charge in [0.05, 0.1) is 5.52 Å². The van der Waals surface area contributed by atoms with Gasteiger partial charge in [0.1, 0.15) is 5.82 Å². The molecule has 0 aliphatic carbocycles. The Labute approximate surface area is 153 Å². The van der Waals surface area contributed by atoms with Crippen molar-refractivity contribution in [2.24, 2.45) is 0 Å². The number of aromatic nitrogens is 2. The normalized spacial score (nSPS) is 11.5. The maximum atomic E-state index is 10.7. The van der Waals surface area contributed by atoms with Crippen LogP contribution in [-0.4, -0.2) is 22.5 Å². The minimum absolute atomic E-state index is 0.0755. The highest BCUT2D eigenvalue weighted by atomic mass is 16.4. The number of carbonyl (C=O) groups is 1. The lowest BCUT2D eigenvalue weighted by molar-refractivity contribution is -0.305. The fraction of sp³-hybridized carbons (Fsp3) is 0.286. The standard InChI is InChI=1S/C21H23N3O2/c1-21(2,3)15-10-8-14(9-11-15)19-23-17-7-5-4-6-16(17)20(24-19)22-13-12-18(25)26/h4-11H,12-13H2,1-3H3,(H,25,26)(H,22,23,24)/p-1. The number of hydrogen-bond donors (Lipinski definition) is 1. The van der Waals surface area contributed by atoms with Gasteiger partial charge < -0.3 is 15.2 Å². The molecule has 0 amide bonds. The second-order valence-electron chi connectivity index (χ2n) is 7.29. The van der Waals surface area contributed by atoms with E-state index in [2.05, 4.69) is 48.2 Å². The van der Waals surface area contributed by atoms with E-state index in [4.69, 9.17) is 0 Å². The molecule has 0 bridgehead atoms. The maximum absolute atomic E-state index is 10.7. The second kappa shape index (κ2) is 7.12. The van der Waals surface area contributed by atoms with Gasteiger partial charge in [0.25, 0.3) is 0 Å². The Kier molecular flexibility index (Phi) is 4.89. The fourth-order valence-electron chi connectivity index (χ4n) is 2.74. The van der Waals surface area contributed by atoms with Crippen molar-refractivity contribution in [2.45, 2.75) is 32.6 Å². The third kappa shape index (κ3) is 3.99. The average molecular weight is 348 g/mol. The lowest BCUT2D eigenvalue weighted by Gasteiger charge is -2.19. The average Bonchev–Trinajstić information content (AvgIpc) is 2.60. The van der Waals surface area contributed by atoms with Crippen molar-refractivity contribution in [3.63, 3.8) is 0 Å². The number of rotatable bonds is 5. The summed E-state index contributed by atoms with van der Waals surface area (Å²) in [5.74, 6) is 0.153. The third-order valence-electron chi connectivity index (χ3n) is 4.23. The SMILES string of the molecule is CC(C)(C)c1ccc(-c2nc(NCCC(=O)[O-])c3ccccc3n2)cc1. The van der Waals surface area contributed by atoms with E-state index in [0.717, 1.165) is 16.5 Å². The molecule has 3 rings (SSSR count). The number of para-hydroxylation sites is 1. The van der Waals surface area contributed by atoms with Gasteiger partial charge in [-0.3, -0.25) is 0 Å². The number of carboxylic acid groups (broad SMARTS) is 1. The molecule has 134 valence electrons. The van der Waals surface area contributed by atoms with Crippen LogP contribution in [0.15, 0.2) is 48.5 Å². The Bertz CT molecular complexity index is 928. The Morgan fingerprint density at radius 1 is 1.04 bits per heavy atom. The number of anilines is 1. The van der Waals surface area contributed by atoms with E-state index in [0.29, 0.717) is 11.6 Å². The zero-order chi connectivity index (χ0) is 18.7. The van der Waals surface area contributed by atoms with Crippen molar-refractivity contribution >= 4 is 22.7 Å². The molecule has 5 heteroatoms. The topological polar surface area (TPSA) is 77.9 Å². The summed E-state index contributed by atoms with van der Waals surface area (Å²) in [6.45, 7) is 6.78. The van der Waals surface area contributed by atoms with E-state index in [-0.39, 0.29) is 18.4 Å². The highest BCUT2D eigenvalue weighted by molar-refractivity contribution is 5.90. The van der Waals surface area contributed by atoms with Gasteiger partial charge in [-0.2, -0.15) is 0 Å². The molecule has 0 aliphatic heterocycles. The molecule has 0 aliphatic rings. The van der Waals surface area contributed by atoms with E-state index >= 15 is 0 Å². The second-order valence-corrected chi connectivity index (χ2v) is 7.29. The van der Waals surface area contributed by atoms with E-state index in [1.165, 1.54) is 5.56 Å². The van der Waals surface area contributed by atoms with Crippen molar-refractivity contribution in [1.29, 1.82) is 0 Å². The summed E-state index contributed by atoms with van der Waals surface area (Å²) >= 11 is 0. The first-order valence-corrected chi connectivity index (χ1v) is 8.66. The van der Waals surface area contributed by atoms with Gasteiger partial charge in [-0.1, -0.05) is 57.2 Å². The number of benzene rings is 2. The van der Waals surface area contributed by atoms with Crippen LogP contribution in [0.4, 0.5) is 5.82 Å². The van der Waals surface area contributed by atoms with E-state index in [1.807, 2.05) is 36.4 Å². The molecule has 3 aromatic rings. The molecule has 1 aromatic heterocycles. The quantitative estimate of drug-likeness (QED) is 0.766. The van der Waals surface area contributed by atoms with E-state index < -0.39 is 5.97 Å². The Morgan fingerprint density at radius 2 is 1.73 bits per heavy atom. The molecular formula is C21H22N3O2-. The van der Waals surface area contributed by atoms with Gasteiger partial charge >= 0.3 is 0 Å². The lowest BCUT2D eigenvalue weighted by atomic mass is 9.87. The van der Waals surface area contributed by atoms with Crippen molar-refractivity contribution in [3.05, 3.63) is 54.1 Å². The molecule has 0 saturated heterocycles. The van der Waals surface area contributed by atoms with Gasteiger partial charge in [-0.05, 0) is 23.1 Å². The summed E-state index contributed by atoms with van der Waals surface area (Å²) in [5.41, 5.74) is 3.06. The maximum Gasteiger partial charge on any atom is 0.162 e. The smallest absolute Gasteiger partial charge is 0.162 e. The highest BCUT2D eigenvalue weighted by Crippen LogP contribution is 2.27. The third-order valence-corrected chi connectivity index (χ3v) is 4.23. The molecule has 0 spiro atoms. The van der Waals surface area contributed by atoms with Crippen LogP contribution in [0.3, 0.4) is 0 Å². The van der Waals surface area contributed by atoms with Gasteiger partial charge in [0.15, 0.2) is 5.82 Å². The summed E-state index contributed by atoms with van der Waals surface area (Å²) < 4.78 is 0. The van der Waals surface area contributed by atoms with Gasteiger partial charge in [-0.15, -0.1) is 0 Å². The van der Waals surface area contributed by atoms with Crippen LogP contribution in [0.5, 0.6) is 0 Å². The molecule has 0 radical (unpaired) electrons. The lowest BCUT2D eigenvalue weighted by Crippen LogP contribution is -2.25. The summed E-state index contributed by atoms with van der Waals surface area (Å²) in [6, 6.07) is 15.9. The highest BCUT2D eigenvalue weighted by Gasteiger charge is 2.14. The summed E-state index contributed by atoms with van der Waals surface area (Å²) in [4.78, 5) is 20.0. The van der Waals surface area contributed by atoms with Crippen molar-refractivity contribution in [3.8, 4) is 11.4 Å². The van der Waals surface area contributed by atoms with Crippen molar-refractivity contribution in [2.75, 3.05) is 11.9 Å². The Morgan fingerprint density at radius 3 is 2.38 bits per heavy atom. The van der Waals surface area contributed by atoms with Crippen LogP contribution in [0.1, 0.15) is 32.8 Å². The Hall–Kier alpha value is -2.95. The monoisotopic (exact) mass is 348 g/mol. The van der Waals surface area contributed by atoms with Crippen molar-refractivity contribution < 1.29 is 9.90 Å². The van der Waals surface area contributed by atoms with E-state index in [1.54, 1.807) is 0 Å². The number of carbonyl (C=O) groups excluding carboxylic acids is 1. The molecule has 5 nitrogen and oxygen atoms in total. The largest absolute Gasteiger partial charge is 0.550 e. The molecule has 1 N–H and O–H groups in total. The number of nitrogens with one attached hydrogen (secondary N) is 1. The fourth-order valence-corrected chi connectivity index (χ4v) is 2.74.